The molecule has 0 atom stereocenters. The van der Waals surface area contributed by atoms with E-state index in [0.717, 1.165) is 16.6 Å². The molecule has 38 heavy (non-hydrogen) atoms. The Hall–Kier alpha value is -2.04. The first-order valence-corrected chi connectivity index (χ1v) is 17.9. The van der Waals surface area contributed by atoms with E-state index < -0.39 is 0 Å². The number of aryl methyl sites for hydroxylation is 1. The van der Waals surface area contributed by atoms with E-state index in [0.29, 0.717) is 0 Å². The molecule has 2 N–H and O–H groups in total. The van der Waals surface area contributed by atoms with E-state index in [1.165, 1.54) is 125 Å². The lowest BCUT2D eigenvalue weighted by molar-refractivity contribution is 0.565. The van der Waals surface area contributed by atoms with Crippen LogP contribution in [0.3, 0.4) is 0 Å². The fourth-order valence-corrected chi connectivity index (χ4v) is 11.6. The van der Waals surface area contributed by atoms with Gasteiger partial charge in [0.15, 0.2) is 0 Å². The zero-order valence-electron chi connectivity index (χ0n) is 21.2. The number of unbranched alkanes of at least 4 members (excludes halogenated alkanes) is 8. The first-order chi connectivity index (χ1) is 18.8. The number of nitrogens with zero attached hydrogens (tertiary/aromatic N) is 2. The number of hydrogen-bond acceptors (Lipinski definition) is 7. The highest BCUT2D eigenvalue weighted by molar-refractivity contribution is 7.33. The van der Waals surface area contributed by atoms with Gasteiger partial charge >= 0.3 is 0 Å². The standard InChI is InChI=1S/C29H28N4S5/c1-2-3-4-5-6-7-8-9-10-11-15-14-35-29-24-28(37-25(15)29)18-20(31-24)19-17(21-22(18)33-38-32-21)27-23(30-19)26-16(36-27)12-13-34-26/h12-14,32-33H,2-11H2,1H3. The van der Waals surface area contributed by atoms with Gasteiger partial charge in [0.1, 0.15) is 22.1 Å². The van der Waals surface area contributed by atoms with Gasteiger partial charge in [-0.3, -0.25) is 8.75 Å². The molecule has 0 aliphatic rings. The van der Waals surface area contributed by atoms with Crippen LogP contribution in [0.25, 0.3) is 72.1 Å². The van der Waals surface area contributed by atoms with E-state index >= 15 is 0 Å². The van der Waals surface area contributed by atoms with Crippen molar-refractivity contribution in [1.29, 1.82) is 0 Å². The average molecular weight is 593 g/mol. The summed E-state index contributed by atoms with van der Waals surface area (Å²) in [6, 6.07) is 2.22. The summed E-state index contributed by atoms with van der Waals surface area (Å²) in [5.74, 6) is 0. The molecule has 0 saturated heterocycles. The van der Waals surface area contributed by atoms with E-state index in [-0.39, 0.29) is 0 Å². The first-order valence-electron chi connectivity index (χ1n) is 13.7. The van der Waals surface area contributed by atoms with Gasteiger partial charge in [0.2, 0.25) is 0 Å². The second kappa shape index (κ2) is 9.55. The quantitative estimate of drug-likeness (QED) is 0.155. The van der Waals surface area contributed by atoms with E-state index in [1.807, 2.05) is 34.0 Å². The molecule has 0 amide bonds. The van der Waals surface area contributed by atoms with Gasteiger partial charge < -0.3 is 0 Å². The summed E-state index contributed by atoms with van der Waals surface area (Å²) >= 11 is 9.04. The number of H-pyrrole nitrogens is 2. The molecule has 0 aliphatic carbocycles. The maximum Gasteiger partial charge on any atom is 0.101 e. The normalized spacial score (nSPS) is 12.9. The summed E-state index contributed by atoms with van der Waals surface area (Å²) < 4.78 is 15.2. The SMILES string of the molecule is CCCCCCCCCCCc1csc2c1sc1c2nc2c3nc4c5sccc5sc4c3c3[nH]s[nH]c3c21. The van der Waals surface area contributed by atoms with Gasteiger partial charge in [-0.1, -0.05) is 58.3 Å². The van der Waals surface area contributed by atoms with Crippen LogP contribution in [-0.2, 0) is 6.42 Å². The van der Waals surface area contributed by atoms with E-state index in [4.69, 9.17) is 9.97 Å². The number of benzene rings is 1. The molecule has 0 unspecified atom stereocenters. The third-order valence-electron chi connectivity index (χ3n) is 7.93. The van der Waals surface area contributed by atoms with E-state index in [9.17, 15) is 0 Å². The topological polar surface area (TPSA) is 57.4 Å². The van der Waals surface area contributed by atoms with Crippen LogP contribution < -0.4 is 0 Å². The zero-order chi connectivity index (χ0) is 25.2. The number of rotatable bonds is 10. The smallest absolute Gasteiger partial charge is 0.101 e. The van der Waals surface area contributed by atoms with E-state index in [2.05, 4.69) is 32.5 Å². The predicted octanol–water partition coefficient (Wildman–Crippen LogP) is 11.6. The molecule has 194 valence electrons. The minimum Gasteiger partial charge on any atom is -0.294 e. The van der Waals surface area contributed by atoms with Gasteiger partial charge in [0, 0.05) is 27.2 Å². The lowest BCUT2D eigenvalue weighted by atomic mass is 10.1. The second-order valence-corrected chi connectivity index (χ2v) is 14.9. The Balaban J connectivity index is 1.15. The second-order valence-electron chi connectivity index (χ2n) is 10.4. The lowest BCUT2D eigenvalue weighted by Gasteiger charge is -2.02. The fraction of sp³-hybridized carbons (Fsp3) is 0.379. The molecule has 8 rings (SSSR count). The first kappa shape index (κ1) is 23.8. The van der Waals surface area contributed by atoms with Gasteiger partial charge in [-0.25, -0.2) is 9.97 Å². The molecule has 0 radical (unpaired) electrons. The fourth-order valence-electron chi connectivity index (χ4n) is 6.00. The Labute approximate surface area is 240 Å². The van der Waals surface area contributed by atoms with Crippen molar-refractivity contribution < 1.29 is 0 Å². The molecule has 8 aromatic rings. The molecular weight excluding hydrogens is 565 g/mol. The predicted molar refractivity (Wildman–Crippen MR) is 174 cm³/mol. The van der Waals surface area contributed by atoms with Crippen LogP contribution in [-0.4, -0.2) is 18.7 Å². The molecule has 0 aliphatic heterocycles. The van der Waals surface area contributed by atoms with Crippen LogP contribution in [0.1, 0.15) is 70.3 Å². The maximum atomic E-state index is 5.31. The van der Waals surface area contributed by atoms with Gasteiger partial charge in [-0.05, 0) is 35.2 Å². The third-order valence-corrected chi connectivity index (χ3v) is 13.2. The summed E-state index contributed by atoms with van der Waals surface area (Å²) in [6.07, 6.45) is 13.6. The van der Waals surface area contributed by atoms with Crippen molar-refractivity contribution in [2.45, 2.75) is 71.1 Å². The molecule has 0 bridgehead atoms. The van der Waals surface area contributed by atoms with Crippen LogP contribution in [0, 0.1) is 0 Å². The molecule has 9 heteroatoms. The highest BCUT2D eigenvalue weighted by atomic mass is 32.1. The minimum absolute atomic E-state index is 1.05. The highest BCUT2D eigenvalue weighted by Gasteiger charge is 2.25. The highest BCUT2D eigenvalue weighted by Crippen LogP contribution is 2.50. The van der Waals surface area contributed by atoms with Crippen molar-refractivity contribution in [3.63, 3.8) is 0 Å². The molecule has 1 aromatic carbocycles. The summed E-state index contributed by atoms with van der Waals surface area (Å²) in [7, 11) is 0. The van der Waals surface area contributed by atoms with Crippen molar-refractivity contribution in [3.05, 3.63) is 22.4 Å². The number of aromatic amines is 2. The van der Waals surface area contributed by atoms with Crippen molar-refractivity contribution in [3.8, 4) is 0 Å². The minimum atomic E-state index is 1.05. The molecule has 0 saturated carbocycles. The van der Waals surface area contributed by atoms with Crippen molar-refractivity contribution in [2.75, 3.05) is 0 Å². The summed E-state index contributed by atoms with van der Waals surface area (Å²) in [6.45, 7) is 2.29. The van der Waals surface area contributed by atoms with Crippen LogP contribution in [0.2, 0.25) is 0 Å². The molecule has 0 fully saturated rings. The number of thiophene rings is 4. The Morgan fingerprint density at radius 2 is 1.32 bits per heavy atom. The lowest BCUT2D eigenvalue weighted by Crippen LogP contribution is -1.84. The Kier molecular flexibility index (Phi) is 5.99. The van der Waals surface area contributed by atoms with Crippen molar-refractivity contribution in [1.82, 2.24) is 18.7 Å². The van der Waals surface area contributed by atoms with Gasteiger partial charge in [-0.2, -0.15) is 0 Å². The Bertz CT molecular complexity index is 2070. The number of aromatic nitrogens is 4. The van der Waals surface area contributed by atoms with Crippen LogP contribution in [0.4, 0.5) is 0 Å². The Morgan fingerprint density at radius 3 is 2.05 bits per heavy atom. The summed E-state index contributed by atoms with van der Waals surface area (Å²) in [4.78, 5) is 10.5. The largest absolute Gasteiger partial charge is 0.294 e. The van der Waals surface area contributed by atoms with Crippen LogP contribution in [0.5, 0.6) is 0 Å². The number of nitrogens with one attached hydrogen (secondary N) is 2. The third kappa shape index (κ3) is 3.55. The number of hydrogen-bond donors (Lipinski definition) is 2. The van der Waals surface area contributed by atoms with Crippen LogP contribution >= 0.6 is 57.1 Å². The van der Waals surface area contributed by atoms with Gasteiger partial charge in [0.05, 0.1) is 34.5 Å². The zero-order valence-corrected chi connectivity index (χ0v) is 25.3. The van der Waals surface area contributed by atoms with Gasteiger partial charge in [-0.15, -0.1) is 45.3 Å². The van der Waals surface area contributed by atoms with Crippen LogP contribution in [0.15, 0.2) is 16.8 Å². The van der Waals surface area contributed by atoms with E-state index in [1.54, 1.807) is 23.1 Å². The summed E-state index contributed by atoms with van der Waals surface area (Å²) in [5, 5.41) is 7.04. The maximum absolute atomic E-state index is 5.31. The Morgan fingerprint density at radius 1 is 0.658 bits per heavy atom. The van der Waals surface area contributed by atoms with Crippen molar-refractivity contribution in [2.24, 2.45) is 0 Å². The average Bonchev–Trinajstić information content (AvgIpc) is 3.73. The molecule has 4 nitrogen and oxygen atoms in total. The molecule has 0 spiro atoms. The van der Waals surface area contributed by atoms with Gasteiger partial charge in [0.25, 0.3) is 0 Å². The molecule has 7 aromatic heterocycles. The van der Waals surface area contributed by atoms with Crippen molar-refractivity contribution >= 4 is 129 Å². The summed E-state index contributed by atoms with van der Waals surface area (Å²) in [5.41, 5.74) is 8.30. The molecule has 7 heterocycles. The number of fused-ring (bicyclic) bond motifs is 14. The molecular formula is C29H28N4S5. The monoisotopic (exact) mass is 592 g/mol.